The van der Waals surface area contributed by atoms with Gasteiger partial charge in [0.25, 0.3) is 5.69 Å². The summed E-state index contributed by atoms with van der Waals surface area (Å²) in [4.78, 5) is 16.0. The number of nitro groups is 1. The van der Waals surface area contributed by atoms with Gasteiger partial charge in [-0.1, -0.05) is 30.3 Å². The highest BCUT2D eigenvalue weighted by Gasteiger charge is 2.22. The number of nitro benzene ring substituents is 1. The van der Waals surface area contributed by atoms with Gasteiger partial charge in [-0.25, -0.2) is 4.98 Å². The minimum absolute atomic E-state index is 0.0229. The summed E-state index contributed by atoms with van der Waals surface area (Å²) in [5, 5.41) is 27.7. The summed E-state index contributed by atoms with van der Waals surface area (Å²) >= 11 is 1.51. The Kier molecular flexibility index (Phi) is 4.67. The molecule has 0 aliphatic heterocycles. The highest BCUT2D eigenvalue weighted by Crippen LogP contribution is 2.38. The normalized spacial score (nSPS) is 12.0. The molecule has 0 amide bonds. The number of anilines is 1. The van der Waals surface area contributed by atoms with Crippen LogP contribution in [0.5, 0.6) is 5.75 Å². The van der Waals surface area contributed by atoms with Gasteiger partial charge in [0.05, 0.1) is 11.0 Å². The van der Waals surface area contributed by atoms with Gasteiger partial charge in [-0.05, 0) is 41.5 Å². The maximum Gasteiger partial charge on any atom is 0.269 e. The number of nitrogens with zero attached hydrogens (tertiary/aromatic N) is 2. The Labute approximate surface area is 165 Å². The molecule has 28 heavy (non-hydrogen) atoms. The second-order valence-electron chi connectivity index (χ2n) is 6.42. The summed E-state index contributed by atoms with van der Waals surface area (Å²) in [5.74, 6) is 0.155. The van der Waals surface area contributed by atoms with Crippen molar-refractivity contribution < 1.29 is 10.0 Å². The molecule has 4 rings (SSSR count). The van der Waals surface area contributed by atoms with Gasteiger partial charge in [0, 0.05) is 28.8 Å². The zero-order valence-electron chi connectivity index (χ0n) is 15.0. The number of hydrogen-bond donors (Lipinski definition) is 2. The fourth-order valence-corrected chi connectivity index (χ4v) is 3.94. The number of rotatable bonds is 5. The van der Waals surface area contributed by atoms with E-state index in [1.165, 1.54) is 23.5 Å². The third kappa shape index (κ3) is 3.39. The van der Waals surface area contributed by atoms with Crippen LogP contribution >= 0.6 is 11.3 Å². The molecule has 0 radical (unpaired) electrons. The number of thiazole rings is 1. The molecule has 1 atom stereocenters. The van der Waals surface area contributed by atoms with E-state index in [2.05, 4.69) is 10.3 Å². The molecule has 3 aromatic carbocycles. The zero-order valence-corrected chi connectivity index (χ0v) is 15.8. The molecule has 0 saturated carbocycles. The Morgan fingerprint density at radius 3 is 2.54 bits per heavy atom. The maximum absolute atomic E-state index is 11.0. The number of benzene rings is 3. The number of nitrogens with one attached hydrogen (secondary N) is 1. The number of aromatic hydroxyl groups is 1. The number of non-ortho nitro benzene ring substituents is 1. The second-order valence-corrected chi connectivity index (χ2v) is 7.66. The van der Waals surface area contributed by atoms with Gasteiger partial charge in [0.15, 0.2) is 5.13 Å². The molecule has 4 aromatic rings. The number of hydrogen-bond acceptors (Lipinski definition) is 6. The van der Waals surface area contributed by atoms with Crippen LogP contribution < -0.4 is 5.32 Å². The molecule has 1 unspecified atom stereocenters. The molecule has 140 valence electrons. The fourth-order valence-electron chi connectivity index (χ4n) is 3.24. The first kappa shape index (κ1) is 17.9. The minimum atomic E-state index is -0.425. The maximum atomic E-state index is 11.0. The van der Waals surface area contributed by atoms with E-state index in [0.29, 0.717) is 10.7 Å². The lowest BCUT2D eigenvalue weighted by molar-refractivity contribution is -0.384. The Bertz CT molecular complexity index is 1160. The van der Waals surface area contributed by atoms with Crippen molar-refractivity contribution in [3.63, 3.8) is 0 Å². The van der Waals surface area contributed by atoms with Crippen molar-refractivity contribution >= 4 is 32.9 Å². The first-order chi connectivity index (χ1) is 13.5. The van der Waals surface area contributed by atoms with Crippen LogP contribution in [0.1, 0.15) is 22.0 Å². The summed E-state index contributed by atoms with van der Waals surface area (Å²) in [6.45, 7) is 1.97. The van der Waals surface area contributed by atoms with E-state index in [0.717, 1.165) is 21.2 Å². The van der Waals surface area contributed by atoms with E-state index in [-0.39, 0.29) is 11.4 Å². The molecule has 7 heteroatoms. The molecule has 6 nitrogen and oxygen atoms in total. The SMILES string of the molecule is Cc1cnc(NC(c2ccc([N+](=O)[O-])cc2)c2c(O)ccc3ccccc23)s1. The van der Waals surface area contributed by atoms with Gasteiger partial charge in [-0.3, -0.25) is 10.1 Å². The van der Waals surface area contributed by atoms with E-state index >= 15 is 0 Å². The average molecular weight is 391 g/mol. The Hall–Kier alpha value is -3.45. The van der Waals surface area contributed by atoms with Crippen molar-refractivity contribution in [2.45, 2.75) is 13.0 Å². The van der Waals surface area contributed by atoms with Gasteiger partial charge < -0.3 is 10.4 Å². The highest BCUT2D eigenvalue weighted by molar-refractivity contribution is 7.15. The molecular formula is C21H17N3O3S. The predicted octanol–water partition coefficient (Wildman–Crippen LogP) is 5.42. The van der Waals surface area contributed by atoms with E-state index in [1.54, 1.807) is 24.4 Å². The molecule has 1 aromatic heterocycles. The third-order valence-electron chi connectivity index (χ3n) is 4.56. The van der Waals surface area contributed by atoms with E-state index in [1.807, 2.05) is 37.3 Å². The van der Waals surface area contributed by atoms with Crippen LogP contribution in [-0.4, -0.2) is 15.0 Å². The second kappa shape index (κ2) is 7.28. The number of aryl methyl sites for hydroxylation is 1. The van der Waals surface area contributed by atoms with Crippen molar-refractivity contribution in [1.82, 2.24) is 4.98 Å². The lowest BCUT2D eigenvalue weighted by Gasteiger charge is -2.22. The quantitative estimate of drug-likeness (QED) is 0.350. The molecule has 0 bridgehead atoms. The van der Waals surface area contributed by atoms with Gasteiger partial charge in [0.2, 0.25) is 0 Å². The Morgan fingerprint density at radius 2 is 1.86 bits per heavy atom. The van der Waals surface area contributed by atoms with E-state index in [9.17, 15) is 15.2 Å². The molecule has 0 aliphatic rings. The monoisotopic (exact) mass is 391 g/mol. The fraction of sp³-hybridized carbons (Fsp3) is 0.0952. The van der Waals surface area contributed by atoms with Crippen molar-refractivity contribution in [3.05, 3.63) is 93.0 Å². The van der Waals surface area contributed by atoms with Gasteiger partial charge in [-0.15, -0.1) is 11.3 Å². The Balaban J connectivity index is 1.88. The van der Waals surface area contributed by atoms with Crippen LogP contribution in [0.25, 0.3) is 10.8 Å². The molecule has 0 aliphatic carbocycles. The van der Waals surface area contributed by atoms with Gasteiger partial charge in [-0.2, -0.15) is 0 Å². The van der Waals surface area contributed by atoms with Crippen LogP contribution in [-0.2, 0) is 0 Å². The van der Waals surface area contributed by atoms with Crippen LogP contribution in [0.15, 0.2) is 66.9 Å². The van der Waals surface area contributed by atoms with E-state index < -0.39 is 11.0 Å². The lowest BCUT2D eigenvalue weighted by atomic mass is 9.92. The number of phenolic OH excluding ortho intramolecular Hbond substituents is 1. The number of fused-ring (bicyclic) bond motifs is 1. The first-order valence-corrected chi connectivity index (χ1v) is 9.48. The van der Waals surface area contributed by atoms with Crippen molar-refractivity contribution in [2.75, 3.05) is 5.32 Å². The number of aromatic nitrogens is 1. The average Bonchev–Trinajstić information content (AvgIpc) is 3.11. The third-order valence-corrected chi connectivity index (χ3v) is 5.41. The molecule has 0 spiro atoms. The van der Waals surface area contributed by atoms with Crippen molar-refractivity contribution in [2.24, 2.45) is 0 Å². The lowest BCUT2D eigenvalue weighted by Crippen LogP contribution is -2.13. The Morgan fingerprint density at radius 1 is 1.11 bits per heavy atom. The van der Waals surface area contributed by atoms with Crippen LogP contribution in [0.4, 0.5) is 10.8 Å². The summed E-state index contributed by atoms with van der Waals surface area (Å²) in [6.07, 6.45) is 1.78. The summed E-state index contributed by atoms with van der Waals surface area (Å²) in [7, 11) is 0. The summed E-state index contributed by atoms with van der Waals surface area (Å²) in [6, 6.07) is 17.3. The van der Waals surface area contributed by atoms with Crippen molar-refractivity contribution in [1.29, 1.82) is 0 Å². The minimum Gasteiger partial charge on any atom is -0.508 e. The molecule has 2 N–H and O–H groups in total. The molecular weight excluding hydrogens is 374 g/mol. The van der Waals surface area contributed by atoms with Crippen molar-refractivity contribution in [3.8, 4) is 5.75 Å². The smallest absolute Gasteiger partial charge is 0.269 e. The van der Waals surface area contributed by atoms with Crippen LogP contribution in [0.2, 0.25) is 0 Å². The first-order valence-electron chi connectivity index (χ1n) is 8.67. The van der Waals surface area contributed by atoms with Gasteiger partial charge in [0.1, 0.15) is 5.75 Å². The van der Waals surface area contributed by atoms with Gasteiger partial charge >= 0.3 is 0 Å². The summed E-state index contributed by atoms with van der Waals surface area (Å²) in [5.41, 5.74) is 1.53. The largest absolute Gasteiger partial charge is 0.508 e. The van der Waals surface area contributed by atoms with Crippen LogP contribution in [0.3, 0.4) is 0 Å². The highest BCUT2D eigenvalue weighted by atomic mass is 32.1. The van der Waals surface area contributed by atoms with E-state index in [4.69, 9.17) is 0 Å². The predicted molar refractivity (Wildman–Crippen MR) is 111 cm³/mol. The molecule has 0 fully saturated rings. The molecule has 1 heterocycles. The van der Waals surface area contributed by atoms with Crippen LogP contribution in [0, 0.1) is 17.0 Å². The number of phenols is 1. The molecule has 0 saturated heterocycles. The zero-order chi connectivity index (χ0) is 19.7. The topological polar surface area (TPSA) is 88.3 Å². The summed E-state index contributed by atoms with van der Waals surface area (Å²) < 4.78 is 0. The standard InChI is InChI=1S/C21H17N3O3S/c1-13-12-22-21(28-13)23-20(15-6-9-16(10-7-15)24(26)27)19-17-5-3-2-4-14(17)8-11-18(19)25/h2-12,20,25H,1H3,(H,22,23).